The number of esters is 4. The maximum atomic E-state index is 13.7. The summed E-state index contributed by atoms with van der Waals surface area (Å²) in [4.78, 5) is 49.3. The van der Waals surface area contributed by atoms with Crippen molar-refractivity contribution in [2.75, 3.05) is 33.0 Å². The van der Waals surface area contributed by atoms with Crippen LogP contribution in [0.1, 0.15) is 223 Å². The quantitative estimate of drug-likeness (QED) is 0.00583. The van der Waals surface area contributed by atoms with Crippen LogP contribution in [0.3, 0.4) is 0 Å². The Morgan fingerprint density at radius 2 is 1.05 bits per heavy atom. The molecule has 111 heavy (non-hydrogen) atoms. The van der Waals surface area contributed by atoms with Gasteiger partial charge in [-0.2, -0.15) is 17.6 Å². The second-order valence-corrected chi connectivity index (χ2v) is 32.1. The molecule has 1 aliphatic rings. The molecule has 0 radical (unpaired) electrons. The van der Waals surface area contributed by atoms with Crippen molar-refractivity contribution >= 4 is 44.9 Å². The molecule has 8 unspecified atom stereocenters. The van der Waals surface area contributed by atoms with Crippen LogP contribution in [0.25, 0.3) is 0 Å². The number of alkyl halides is 3. The SMILES string of the molecule is CCC(C)(C)C(=O)OCC(=O)OC(C)(C)C.CCC(C)C(=O)OC(C)CO.CCC(C)c1c(F)c(F)c(OCC(C)O)c(F)c1F.CCC(C)c1ccc(OC(=O)COC(F)C(F)(F)S(=O)(=O)[O-])cc1.CCC(C)c1ccc(OC(C)OCCC2CCCCC2)cc1.c1ccc([S+](c2ccccc2)c2ccccc2)cc1. The summed E-state index contributed by atoms with van der Waals surface area (Å²) in [5, 5.41) is 12.2. The monoisotopic (exact) mass is 1610 g/mol. The Bertz CT molecular complexity index is 3630. The molecule has 26 heteroatoms. The van der Waals surface area contributed by atoms with Crippen LogP contribution in [0.4, 0.5) is 30.7 Å². The summed E-state index contributed by atoms with van der Waals surface area (Å²) in [6, 6.07) is 46.9. The van der Waals surface area contributed by atoms with Gasteiger partial charge in [-0.3, -0.25) is 9.59 Å². The highest BCUT2D eigenvalue weighted by atomic mass is 32.2. The van der Waals surface area contributed by atoms with Crippen molar-refractivity contribution in [3.05, 3.63) is 179 Å². The van der Waals surface area contributed by atoms with E-state index in [0.717, 1.165) is 36.7 Å². The van der Waals surface area contributed by atoms with Crippen LogP contribution in [-0.2, 0) is 63.9 Å². The Morgan fingerprint density at radius 3 is 1.44 bits per heavy atom. The van der Waals surface area contributed by atoms with Gasteiger partial charge in [-0.1, -0.05) is 173 Å². The first kappa shape index (κ1) is 99.5. The lowest BCUT2D eigenvalue weighted by atomic mass is 9.87. The van der Waals surface area contributed by atoms with E-state index < -0.39 is 105 Å². The van der Waals surface area contributed by atoms with Crippen LogP contribution >= 0.6 is 0 Å². The number of halogens is 7. The Morgan fingerprint density at radius 1 is 0.595 bits per heavy atom. The molecular formula is C85H117F7O17S2. The molecule has 7 rings (SSSR count). The minimum absolute atomic E-state index is 0.0146. The first-order valence-corrected chi connectivity index (χ1v) is 40.3. The Hall–Kier alpha value is -7.59. The van der Waals surface area contributed by atoms with Crippen molar-refractivity contribution in [2.45, 2.75) is 256 Å². The molecule has 0 heterocycles. The lowest BCUT2D eigenvalue weighted by molar-refractivity contribution is -0.171. The highest BCUT2D eigenvalue weighted by Gasteiger charge is 2.49. The zero-order valence-electron chi connectivity index (χ0n) is 67.3. The second kappa shape index (κ2) is 50.5. The molecule has 2 N–H and O–H groups in total. The molecule has 8 atom stereocenters. The van der Waals surface area contributed by atoms with Gasteiger partial charge in [0.2, 0.25) is 11.6 Å². The highest BCUT2D eigenvalue weighted by Crippen LogP contribution is 2.36. The highest BCUT2D eigenvalue weighted by molar-refractivity contribution is 7.97. The van der Waals surface area contributed by atoms with Gasteiger partial charge in [0, 0.05) is 5.56 Å². The van der Waals surface area contributed by atoms with Crippen molar-refractivity contribution in [1.82, 2.24) is 0 Å². The van der Waals surface area contributed by atoms with Gasteiger partial charge in [0.25, 0.3) is 6.36 Å². The fourth-order valence-corrected chi connectivity index (χ4v) is 12.3. The molecule has 0 aliphatic heterocycles. The van der Waals surface area contributed by atoms with E-state index in [1.54, 1.807) is 60.6 Å². The molecule has 0 bridgehead atoms. The molecule has 0 aromatic heterocycles. The third-order valence-corrected chi connectivity index (χ3v) is 20.8. The van der Waals surface area contributed by atoms with E-state index in [-0.39, 0.29) is 60.1 Å². The van der Waals surface area contributed by atoms with Gasteiger partial charge in [-0.25, -0.2) is 31.2 Å². The summed E-state index contributed by atoms with van der Waals surface area (Å²) in [5.74, 6) is -7.51. The average molecular weight is 1610 g/mol. The lowest BCUT2D eigenvalue weighted by Gasteiger charge is -2.22. The van der Waals surface area contributed by atoms with Gasteiger partial charge in [0.05, 0.1) is 41.5 Å². The molecule has 1 saturated carbocycles. The first-order chi connectivity index (χ1) is 52.1. The number of hydrogen-bond donors (Lipinski definition) is 2. The van der Waals surface area contributed by atoms with E-state index >= 15 is 0 Å². The van der Waals surface area contributed by atoms with Crippen molar-refractivity contribution in [2.24, 2.45) is 17.3 Å². The smallest absolute Gasteiger partial charge is 0.388 e. The lowest BCUT2D eigenvalue weighted by Crippen LogP contribution is -2.41. The van der Waals surface area contributed by atoms with E-state index in [1.807, 2.05) is 41.5 Å². The van der Waals surface area contributed by atoms with Gasteiger partial charge < -0.3 is 52.7 Å². The number of rotatable bonds is 32. The number of benzene rings is 6. The molecule has 6 aromatic carbocycles. The van der Waals surface area contributed by atoms with Gasteiger partial charge in [-0.05, 0) is 189 Å². The first-order valence-electron chi connectivity index (χ1n) is 37.7. The second-order valence-electron chi connectivity index (χ2n) is 28.6. The Balaban J connectivity index is 0.000000458. The van der Waals surface area contributed by atoms with E-state index in [1.165, 1.54) is 91.2 Å². The molecule has 620 valence electrons. The zero-order chi connectivity index (χ0) is 83.8. The summed E-state index contributed by atoms with van der Waals surface area (Å²) >= 11 is 0. The number of carbonyl (C=O) groups excluding carboxylic acids is 4. The molecule has 0 spiro atoms. The number of carbonyl (C=O) groups is 4. The van der Waals surface area contributed by atoms with Gasteiger partial charge in [-0.15, -0.1) is 0 Å². The number of aliphatic hydroxyl groups is 2. The number of aliphatic hydroxyl groups excluding tert-OH is 2. The van der Waals surface area contributed by atoms with E-state index in [9.17, 15) is 62.9 Å². The number of ether oxygens (including phenoxy) is 8. The maximum absolute atomic E-state index is 13.7. The van der Waals surface area contributed by atoms with Crippen molar-refractivity contribution in [3.8, 4) is 17.2 Å². The average Bonchev–Trinajstić information content (AvgIpc) is 0.776. The fourth-order valence-electron chi connectivity index (χ4n) is 9.85. The number of hydrogen-bond acceptors (Lipinski definition) is 17. The van der Waals surface area contributed by atoms with Crippen LogP contribution in [0.2, 0.25) is 0 Å². The van der Waals surface area contributed by atoms with Crippen LogP contribution in [0, 0.1) is 40.5 Å². The topological polar surface area (TPSA) is 240 Å². The molecule has 1 fully saturated rings. The largest absolute Gasteiger partial charge is 0.743 e. The summed E-state index contributed by atoms with van der Waals surface area (Å²) in [7, 11) is -6.27. The standard InChI is InChI=1S/C20H32O2.C18H15S.C14H17F3O6S.C13H16F4O2.C12H22O4.C8H16O3/c1-4-16(2)19-10-12-20(13-11-19)22-17(3)21-15-14-18-8-6-5-7-9-18;1-4-10-16(11-5-1)19(17-12-6-2-7-13-17)18-14-8-3-9-15-18;1-3-9(2)10-4-6-11(7-5-10)23-12(18)8-22-13(15)14(16,17)24(19,20)21;1-4-6(2)8-9(14)11(16)13(12(17)10(8)15)19-5-7(3)18;1-7-12(5,6)10(14)15-8-9(13)16-11(2,3)4;1-4-6(2)8(10)11-7(3)5-9/h10-13,16-18H,4-9,14-15H2,1-3H3;1-15H;4-7,9,13H,3,8H2,1-2H3,(H,19,20,21);6-7,18H,4-5H2,1-3H3;7-8H2,1-6H3;6-7,9H,4-5H2,1-3H3/q;+1;;;;/p-1. The van der Waals surface area contributed by atoms with Crippen molar-refractivity contribution in [3.63, 3.8) is 0 Å². The minimum Gasteiger partial charge on any atom is -0.743 e. The summed E-state index contributed by atoms with van der Waals surface area (Å²) in [5.41, 5.74) is 0.645. The van der Waals surface area contributed by atoms with Crippen LogP contribution in [-0.4, -0.2) is 116 Å². The fraction of sp³-hybridized carbons (Fsp3) is 0.529. The molecule has 17 nitrogen and oxygen atoms in total. The maximum Gasteiger partial charge on any atom is 0.388 e. The van der Waals surface area contributed by atoms with Crippen molar-refractivity contribution < 1.29 is 111 Å². The third-order valence-electron chi connectivity index (χ3n) is 17.7. The van der Waals surface area contributed by atoms with Gasteiger partial charge in [0.15, 0.2) is 55.1 Å². The Labute approximate surface area is 656 Å². The van der Waals surface area contributed by atoms with E-state index in [2.05, 4.69) is 139 Å². The third kappa shape index (κ3) is 36.4. The minimum atomic E-state index is -6.26. The normalized spacial score (nSPS) is 14.5. The zero-order valence-corrected chi connectivity index (χ0v) is 68.9. The molecule has 1 aliphatic carbocycles. The Kier molecular flexibility index (Phi) is 45.3. The van der Waals surface area contributed by atoms with Gasteiger partial charge in [0.1, 0.15) is 36.4 Å². The predicted octanol–water partition coefficient (Wildman–Crippen LogP) is 20.0. The van der Waals surface area contributed by atoms with E-state index in [4.69, 9.17) is 38.6 Å². The summed E-state index contributed by atoms with van der Waals surface area (Å²) in [6.07, 6.45) is 6.68. The molecule has 6 aromatic rings. The van der Waals surface area contributed by atoms with Gasteiger partial charge >= 0.3 is 29.1 Å². The molecule has 0 saturated heterocycles. The van der Waals surface area contributed by atoms with Crippen LogP contribution in [0.5, 0.6) is 17.2 Å². The summed E-state index contributed by atoms with van der Waals surface area (Å²) < 4.78 is 164. The van der Waals surface area contributed by atoms with Crippen LogP contribution < -0.4 is 14.2 Å². The van der Waals surface area contributed by atoms with E-state index in [0.29, 0.717) is 24.7 Å². The summed E-state index contributed by atoms with van der Waals surface area (Å²) in [6.45, 7) is 29.7. The van der Waals surface area contributed by atoms with Crippen LogP contribution in [0.15, 0.2) is 154 Å². The molecule has 0 amide bonds. The van der Waals surface area contributed by atoms with Crippen molar-refractivity contribution in [1.29, 1.82) is 0 Å². The molecular weight excluding hydrogens is 1490 g/mol. The predicted molar refractivity (Wildman–Crippen MR) is 415 cm³/mol.